The van der Waals surface area contributed by atoms with Crippen molar-refractivity contribution in [2.75, 3.05) is 6.61 Å². The predicted octanol–water partition coefficient (Wildman–Crippen LogP) is 1.30. The van der Waals surface area contributed by atoms with Gasteiger partial charge in [0.25, 0.3) is 5.82 Å². The van der Waals surface area contributed by atoms with Gasteiger partial charge in [-0.25, -0.2) is 4.79 Å². The lowest BCUT2D eigenvalue weighted by atomic mass is 10.1. The van der Waals surface area contributed by atoms with Crippen molar-refractivity contribution in [1.29, 1.82) is 0 Å². The molecule has 1 saturated carbocycles. The van der Waals surface area contributed by atoms with Crippen molar-refractivity contribution in [3.05, 3.63) is 11.7 Å². The zero-order valence-electron chi connectivity index (χ0n) is 8.24. The molecule has 1 aromatic heterocycles. The van der Waals surface area contributed by atoms with Crippen LogP contribution in [0.4, 0.5) is 0 Å². The minimum absolute atomic E-state index is 0.00224. The first-order chi connectivity index (χ1) is 6.65. The van der Waals surface area contributed by atoms with Crippen LogP contribution < -0.4 is 0 Å². The van der Waals surface area contributed by atoms with Gasteiger partial charge in [-0.05, 0) is 24.9 Å². The quantitative estimate of drug-likeness (QED) is 0.681. The van der Waals surface area contributed by atoms with E-state index in [2.05, 4.69) is 10.1 Å². The number of ether oxygens (including phenoxy) is 1. The molecule has 1 fully saturated rings. The van der Waals surface area contributed by atoms with Crippen LogP contribution in [-0.4, -0.2) is 22.7 Å². The smallest absolute Gasteiger partial charge is 0.379 e. The largest absolute Gasteiger partial charge is 0.460 e. The molecule has 0 atom stereocenters. The number of hydrogen-bond acceptors (Lipinski definition) is 5. The van der Waals surface area contributed by atoms with E-state index in [9.17, 15) is 4.79 Å². The van der Waals surface area contributed by atoms with E-state index in [0.717, 1.165) is 12.8 Å². The highest BCUT2D eigenvalue weighted by Crippen LogP contribution is 2.46. The van der Waals surface area contributed by atoms with Gasteiger partial charge >= 0.3 is 5.97 Å². The Hall–Kier alpha value is -1.39. The zero-order chi connectivity index (χ0) is 10.2. The third-order valence-corrected chi connectivity index (χ3v) is 2.40. The monoisotopic (exact) mass is 196 g/mol. The van der Waals surface area contributed by atoms with Gasteiger partial charge < -0.3 is 9.26 Å². The van der Waals surface area contributed by atoms with Gasteiger partial charge in [-0.15, -0.1) is 0 Å². The van der Waals surface area contributed by atoms with E-state index in [1.807, 2.05) is 6.92 Å². The maximum atomic E-state index is 11.2. The molecule has 2 rings (SSSR count). The van der Waals surface area contributed by atoms with Gasteiger partial charge in [0.15, 0.2) is 0 Å². The molecule has 0 saturated heterocycles. The van der Waals surface area contributed by atoms with Crippen LogP contribution in [-0.2, 0) is 10.2 Å². The summed E-state index contributed by atoms with van der Waals surface area (Å²) in [6, 6.07) is 0. The van der Waals surface area contributed by atoms with E-state index in [-0.39, 0.29) is 11.2 Å². The molecule has 1 aromatic rings. The van der Waals surface area contributed by atoms with Gasteiger partial charge in [0.2, 0.25) is 5.89 Å². The highest BCUT2D eigenvalue weighted by molar-refractivity contribution is 5.84. The highest BCUT2D eigenvalue weighted by atomic mass is 16.5. The SMILES string of the molecule is CCOC(=O)c1noc(C2(C)CC2)n1. The van der Waals surface area contributed by atoms with Crippen LogP contribution in [0.3, 0.4) is 0 Å². The van der Waals surface area contributed by atoms with Gasteiger partial charge in [0.1, 0.15) is 0 Å². The molecule has 1 aliphatic rings. The number of hydrogen-bond donors (Lipinski definition) is 0. The first kappa shape index (κ1) is 9.18. The normalized spacial score (nSPS) is 17.9. The Balaban J connectivity index is 2.13. The van der Waals surface area contributed by atoms with Gasteiger partial charge in [0.05, 0.1) is 6.61 Å². The molecule has 0 spiro atoms. The summed E-state index contributed by atoms with van der Waals surface area (Å²) in [5.74, 6) is 0.0438. The maximum Gasteiger partial charge on any atom is 0.379 e. The van der Waals surface area contributed by atoms with Crippen LogP contribution in [0.15, 0.2) is 4.52 Å². The minimum Gasteiger partial charge on any atom is -0.460 e. The molecule has 0 aromatic carbocycles. The van der Waals surface area contributed by atoms with E-state index in [0.29, 0.717) is 12.5 Å². The summed E-state index contributed by atoms with van der Waals surface area (Å²) in [6.45, 7) is 4.09. The Morgan fingerprint density at radius 3 is 2.93 bits per heavy atom. The van der Waals surface area contributed by atoms with Crippen molar-refractivity contribution < 1.29 is 14.1 Å². The fraction of sp³-hybridized carbons (Fsp3) is 0.667. The standard InChI is InChI=1S/C9H12N2O3/c1-3-13-7(12)6-10-8(14-11-6)9(2)4-5-9/h3-5H2,1-2H3. The first-order valence-corrected chi connectivity index (χ1v) is 4.67. The third kappa shape index (κ3) is 1.49. The zero-order valence-corrected chi connectivity index (χ0v) is 8.24. The predicted molar refractivity (Wildman–Crippen MR) is 46.8 cm³/mol. The summed E-state index contributed by atoms with van der Waals surface area (Å²) in [5, 5.41) is 3.58. The lowest BCUT2D eigenvalue weighted by molar-refractivity contribution is 0.0508. The van der Waals surface area contributed by atoms with Gasteiger partial charge in [-0.2, -0.15) is 4.98 Å². The topological polar surface area (TPSA) is 65.2 Å². The number of carbonyl (C=O) groups is 1. The molecule has 0 N–H and O–H groups in total. The van der Waals surface area contributed by atoms with E-state index in [4.69, 9.17) is 9.26 Å². The number of rotatable bonds is 3. The maximum absolute atomic E-state index is 11.2. The van der Waals surface area contributed by atoms with Crippen LogP contribution >= 0.6 is 0 Å². The van der Waals surface area contributed by atoms with E-state index < -0.39 is 5.97 Å². The Morgan fingerprint density at radius 1 is 1.64 bits per heavy atom. The van der Waals surface area contributed by atoms with E-state index in [1.165, 1.54) is 0 Å². The molecule has 5 nitrogen and oxygen atoms in total. The molecule has 5 heteroatoms. The molecular weight excluding hydrogens is 184 g/mol. The van der Waals surface area contributed by atoms with Crippen LogP contribution in [0.1, 0.15) is 43.2 Å². The Labute approximate surface area is 81.4 Å². The molecule has 0 aliphatic heterocycles. The van der Waals surface area contributed by atoms with Crippen molar-refractivity contribution in [3.8, 4) is 0 Å². The Kier molecular flexibility index (Phi) is 2.02. The van der Waals surface area contributed by atoms with E-state index >= 15 is 0 Å². The van der Waals surface area contributed by atoms with Crippen molar-refractivity contribution >= 4 is 5.97 Å². The van der Waals surface area contributed by atoms with Gasteiger partial charge in [0, 0.05) is 5.41 Å². The summed E-state index contributed by atoms with van der Waals surface area (Å²) >= 11 is 0. The lowest BCUT2D eigenvalue weighted by Gasteiger charge is -1.97. The minimum atomic E-state index is -0.522. The summed E-state index contributed by atoms with van der Waals surface area (Å²) < 4.78 is 9.75. The van der Waals surface area contributed by atoms with Crippen LogP contribution in [0, 0.1) is 0 Å². The third-order valence-electron chi connectivity index (χ3n) is 2.40. The van der Waals surface area contributed by atoms with Crippen molar-refractivity contribution in [2.45, 2.75) is 32.1 Å². The molecule has 1 heterocycles. The molecular formula is C9H12N2O3. The number of aromatic nitrogens is 2. The molecule has 0 bridgehead atoms. The fourth-order valence-electron chi connectivity index (χ4n) is 1.15. The van der Waals surface area contributed by atoms with Crippen molar-refractivity contribution in [2.24, 2.45) is 0 Å². The molecule has 76 valence electrons. The van der Waals surface area contributed by atoms with Crippen molar-refractivity contribution in [3.63, 3.8) is 0 Å². The van der Waals surface area contributed by atoms with Gasteiger partial charge in [-0.3, -0.25) is 0 Å². The average Bonchev–Trinajstić information content (AvgIpc) is 2.72. The molecule has 0 amide bonds. The highest BCUT2D eigenvalue weighted by Gasteiger charge is 2.45. The fourth-order valence-corrected chi connectivity index (χ4v) is 1.15. The Bertz CT molecular complexity index is 355. The number of esters is 1. The lowest BCUT2D eigenvalue weighted by Crippen LogP contribution is -2.07. The Morgan fingerprint density at radius 2 is 2.36 bits per heavy atom. The van der Waals surface area contributed by atoms with E-state index in [1.54, 1.807) is 6.92 Å². The summed E-state index contributed by atoms with van der Waals surface area (Å²) in [4.78, 5) is 15.2. The second-order valence-electron chi connectivity index (χ2n) is 3.70. The first-order valence-electron chi connectivity index (χ1n) is 4.67. The second-order valence-corrected chi connectivity index (χ2v) is 3.70. The number of nitrogens with zero attached hydrogens (tertiary/aromatic N) is 2. The summed E-state index contributed by atoms with van der Waals surface area (Å²) in [7, 11) is 0. The molecule has 0 radical (unpaired) electrons. The van der Waals surface area contributed by atoms with Crippen LogP contribution in [0.25, 0.3) is 0 Å². The number of carbonyl (C=O) groups excluding carboxylic acids is 1. The molecule has 1 aliphatic carbocycles. The second kappa shape index (κ2) is 3.08. The summed E-state index contributed by atoms with van der Waals surface area (Å²) in [6.07, 6.45) is 2.08. The van der Waals surface area contributed by atoms with Gasteiger partial charge in [-0.1, -0.05) is 6.92 Å². The van der Waals surface area contributed by atoms with Crippen molar-refractivity contribution in [1.82, 2.24) is 10.1 Å². The van der Waals surface area contributed by atoms with Crippen LogP contribution in [0.5, 0.6) is 0 Å². The van der Waals surface area contributed by atoms with Crippen LogP contribution in [0.2, 0.25) is 0 Å². The molecule has 0 unspecified atom stereocenters. The average molecular weight is 196 g/mol. The summed E-state index contributed by atoms with van der Waals surface area (Å²) in [5.41, 5.74) is -0.00224. The molecule has 14 heavy (non-hydrogen) atoms.